The van der Waals surface area contributed by atoms with Crippen LogP contribution >= 0.6 is 0 Å². The Labute approximate surface area is 190 Å². The third kappa shape index (κ3) is 16.9. The lowest BCUT2D eigenvalue weighted by molar-refractivity contribution is -0.697. The molecule has 0 unspecified atom stereocenters. The molecule has 1 nitrogen and oxygen atoms in total. The van der Waals surface area contributed by atoms with Gasteiger partial charge in [-0.1, -0.05) is 123 Å². The van der Waals surface area contributed by atoms with Crippen LogP contribution in [0, 0.1) is 0 Å². The molecule has 0 spiro atoms. The van der Waals surface area contributed by atoms with Gasteiger partial charge in [-0.25, -0.2) is 4.57 Å². The zero-order chi connectivity index (χ0) is 21.5. The molecule has 0 bridgehead atoms. The molecule has 0 amide bonds. The van der Waals surface area contributed by atoms with Crippen LogP contribution < -0.4 is 4.57 Å². The van der Waals surface area contributed by atoms with Crippen molar-refractivity contribution in [2.24, 2.45) is 0 Å². The maximum Gasteiger partial charge on any atom is 0.171 e. The molecule has 0 fully saturated rings. The highest BCUT2D eigenvalue weighted by molar-refractivity contribution is 5.05. The van der Waals surface area contributed by atoms with Crippen molar-refractivity contribution < 1.29 is 4.57 Å². The van der Waals surface area contributed by atoms with Crippen LogP contribution in [-0.4, -0.2) is 0 Å². The van der Waals surface area contributed by atoms with Gasteiger partial charge in [-0.2, -0.15) is 0 Å². The van der Waals surface area contributed by atoms with Gasteiger partial charge in [0.05, 0.1) is 0 Å². The second-order valence-electron chi connectivity index (χ2n) is 9.56. The first-order valence-corrected chi connectivity index (χ1v) is 13.8. The lowest BCUT2D eigenvalue weighted by Crippen LogP contribution is -2.33. The number of nitrogens with zero attached hydrogens (tertiary/aromatic N) is 1. The SMILES string of the molecule is CCCCCCCCCCCCCCCCC[n+]1cccc(CCCCCCC)c1. The zero-order valence-electron chi connectivity index (χ0n) is 20.8. The van der Waals surface area contributed by atoms with Crippen LogP contribution in [0.4, 0.5) is 0 Å². The van der Waals surface area contributed by atoms with Crippen molar-refractivity contribution in [2.75, 3.05) is 0 Å². The molecule has 0 aliphatic carbocycles. The average Bonchev–Trinajstić information content (AvgIpc) is 2.76. The summed E-state index contributed by atoms with van der Waals surface area (Å²) < 4.78 is 2.42. The minimum absolute atomic E-state index is 1.20. The Morgan fingerprint density at radius 3 is 1.47 bits per heavy atom. The van der Waals surface area contributed by atoms with E-state index in [0.29, 0.717) is 0 Å². The number of unbranched alkanes of at least 4 members (excludes halogenated alkanes) is 18. The van der Waals surface area contributed by atoms with Crippen LogP contribution in [0.1, 0.15) is 148 Å². The first kappa shape index (κ1) is 27.2. The van der Waals surface area contributed by atoms with Crippen molar-refractivity contribution in [3.05, 3.63) is 30.1 Å². The van der Waals surface area contributed by atoms with Crippen LogP contribution in [0.3, 0.4) is 0 Å². The van der Waals surface area contributed by atoms with E-state index in [2.05, 4.69) is 42.9 Å². The molecule has 0 aliphatic heterocycles. The number of aromatic nitrogens is 1. The van der Waals surface area contributed by atoms with Crippen molar-refractivity contribution >= 4 is 0 Å². The fraction of sp³-hybridized carbons (Fsp3) is 0.828. The lowest BCUT2D eigenvalue weighted by atomic mass is 10.0. The van der Waals surface area contributed by atoms with Gasteiger partial charge in [0.2, 0.25) is 0 Å². The van der Waals surface area contributed by atoms with Crippen molar-refractivity contribution in [3.8, 4) is 0 Å². The summed E-state index contributed by atoms with van der Waals surface area (Å²) >= 11 is 0. The van der Waals surface area contributed by atoms with Gasteiger partial charge in [0.1, 0.15) is 6.54 Å². The van der Waals surface area contributed by atoms with E-state index >= 15 is 0 Å². The van der Waals surface area contributed by atoms with Crippen LogP contribution in [0.5, 0.6) is 0 Å². The Morgan fingerprint density at radius 1 is 0.533 bits per heavy atom. The molecular weight excluding hydrogens is 362 g/mol. The summed E-state index contributed by atoms with van der Waals surface area (Å²) in [5.41, 5.74) is 1.52. The molecule has 0 saturated heterocycles. The molecule has 1 rings (SSSR count). The summed E-state index contributed by atoms with van der Waals surface area (Å²) in [6.07, 6.45) is 34.4. The first-order chi connectivity index (χ1) is 14.9. The summed E-state index contributed by atoms with van der Waals surface area (Å²) in [5.74, 6) is 0. The van der Waals surface area contributed by atoms with Gasteiger partial charge >= 0.3 is 0 Å². The highest BCUT2D eigenvalue weighted by Gasteiger charge is 2.03. The Kier molecular flexibility index (Phi) is 19.4. The second-order valence-corrected chi connectivity index (χ2v) is 9.56. The molecule has 1 heterocycles. The van der Waals surface area contributed by atoms with Gasteiger partial charge in [-0.15, -0.1) is 0 Å². The van der Waals surface area contributed by atoms with E-state index in [1.807, 2.05) is 0 Å². The molecule has 174 valence electrons. The number of rotatable bonds is 22. The van der Waals surface area contributed by atoms with Gasteiger partial charge in [0.25, 0.3) is 0 Å². The summed E-state index contributed by atoms with van der Waals surface area (Å²) in [6, 6.07) is 4.55. The topological polar surface area (TPSA) is 3.88 Å². The Morgan fingerprint density at radius 2 is 0.967 bits per heavy atom. The third-order valence-corrected chi connectivity index (χ3v) is 6.51. The first-order valence-electron chi connectivity index (χ1n) is 13.8. The van der Waals surface area contributed by atoms with Crippen LogP contribution in [0.15, 0.2) is 24.5 Å². The highest BCUT2D eigenvalue weighted by atomic mass is 14.9. The van der Waals surface area contributed by atoms with Crippen molar-refractivity contribution in [3.63, 3.8) is 0 Å². The molecule has 1 aromatic heterocycles. The van der Waals surface area contributed by atoms with Gasteiger partial charge in [0, 0.05) is 18.1 Å². The van der Waals surface area contributed by atoms with Gasteiger partial charge in [0.15, 0.2) is 12.4 Å². The molecule has 0 saturated carbocycles. The molecule has 1 aromatic rings. The average molecular weight is 417 g/mol. The summed E-state index contributed by atoms with van der Waals surface area (Å²) in [5, 5.41) is 0. The van der Waals surface area contributed by atoms with E-state index in [-0.39, 0.29) is 0 Å². The normalized spacial score (nSPS) is 11.3. The summed E-state index contributed by atoms with van der Waals surface area (Å²) in [6.45, 7) is 5.79. The summed E-state index contributed by atoms with van der Waals surface area (Å²) in [4.78, 5) is 0. The van der Waals surface area contributed by atoms with E-state index in [1.54, 1.807) is 0 Å². The molecular formula is C29H54N+. The fourth-order valence-electron chi connectivity index (χ4n) is 4.46. The van der Waals surface area contributed by atoms with Gasteiger partial charge < -0.3 is 0 Å². The number of hydrogen-bond donors (Lipinski definition) is 0. The maximum atomic E-state index is 2.42. The number of hydrogen-bond acceptors (Lipinski definition) is 0. The van der Waals surface area contributed by atoms with E-state index in [9.17, 15) is 0 Å². The molecule has 0 aliphatic rings. The van der Waals surface area contributed by atoms with Crippen LogP contribution in [-0.2, 0) is 13.0 Å². The Hall–Kier alpha value is -0.850. The van der Waals surface area contributed by atoms with Crippen molar-refractivity contribution in [2.45, 2.75) is 155 Å². The molecule has 30 heavy (non-hydrogen) atoms. The predicted octanol–water partition coefficient (Wildman–Crippen LogP) is 9.36. The van der Waals surface area contributed by atoms with E-state index < -0.39 is 0 Å². The third-order valence-electron chi connectivity index (χ3n) is 6.51. The standard InChI is InChI=1S/C29H54N/c1-3-5-7-9-10-11-12-13-14-15-16-17-18-20-22-26-30-27-23-25-29(28-30)24-21-19-8-6-4-2/h23,25,27-28H,3-22,24,26H2,1-2H3/q+1. The molecule has 0 radical (unpaired) electrons. The van der Waals surface area contributed by atoms with E-state index in [0.717, 1.165) is 0 Å². The van der Waals surface area contributed by atoms with E-state index in [4.69, 9.17) is 0 Å². The molecule has 0 aromatic carbocycles. The quantitative estimate of drug-likeness (QED) is 0.131. The smallest absolute Gasteiger partial charge is 0.171 e. The van der Waals surface area contributed by atoms with Crippen molar-refractivity contribution in [1.29, 1.82) is 0 Å². The Balaban J connectivity index is 1.89. The van der Waals surface area contributed by atoms with Crippen molar-refractivity contribution in [1.82, 2.24) is 0 Å². The van der Waals surface area contributed by atoms with E-state index in [1.165, 1.54) is 147 Å². The fourth-order valence-corrected chi connectivity index (χ4v) is 4.46. The minimum atomic E-state index is 1.20. The Bertz CT molecular complexity index is 467. The zero-order valence-corrected chi connectivity index (χ0v) is 20.8. The van der Waals surface area contributed by atoms with Crippen LogP contribution in [0.25, 0.3) is 0 Å². The highest BCUT2D eigenvalue weighted by Crippen LogP contribution is 2.13. The maximum absolute atomic E-state index is 2.42. The number of pyridine rings is 1. The molecule has 0 atom stereocenters. The van der Waals surface area contributed by atoms with Gasteiger partial charge in [-0.3, -0.25) is 0 Å². The largest absolute Gasteiger partial charge is 0.205 e. The second kappa shape index (κ2) is 21.4. The summed E-state index contributed by atoms with van der Waals surface area (Å²) in [7, 11) is 0. The molecule has 1 heteroatoms. The predicted molar refractivity (Wildman–Crippen MR) is 134 cm³/mol. The number of aryl methyl sites for hydroxylation is 2. The minimum Gasteiger partial charge on any atom is -0.205 e. The lowest BCUT2D eigenvalue weighted by Gasteiger charge is -2.04. The molecule has 0 N–H and O–H groups in total. The monoisotopic (exact) mass is 416 g/mol. The van der Waals surface area contributed by atoms with Gasteiger partial charge in [-0.05, 0) is 25.3 Å². The van der Waals surface area contributed by atoms with Crippen LogP contribution in [0.2, 0.25) is 0 Å².